The summed E-state index contributed by atoms with van der Waals surface area (Å²) in [5, 5.41) is 20.7. The van der Waals surface area contributed by atoms with E-state index in [0.29, 0.717) is 0 Å². The highest BCUT2D eigenvalue weighted by Crippen LogP contribution is 2.37. The Kier molecular flexibility index (Phi) is 5.01. The minimum atomic E-state index is -1.23. The number of nitrogens with one attached hydrogen (secondary N) is 1. The fourth-order valence-electron chi connectivity index (χ4n) is 3.26. The number of fused-ring (bicyclic) bond motifs is 4. The Morgan fingerprint density at radius 2 is 1.85 bits per heavy atom. The number of carboxylic acid groups (broad SMARTS) is 1. The average Bonchev–Trinajstić information content (AvgIpc) is 3.05. The van der Waals surface area contributed by atoms with Crippen molar-refractivity contribution >= 4 is 38.5 Å². The van der Waals surface area contributed by atoms with Crippen LogP contribution in [0.3, 0.4) is 0 Å². The zero-order valence-corrected chi connectivity index (χ0v) is 15.7. The maximum absolute atomic E-state index is 9.45. The Hall–Kier alpha value is -3.12. The van der Waals surface area contributed by atoms with Gasteiger partial charge in [0.05, 0.1) is 12.6 Å². The molecular formula is C21H22N2O4. The smallest absolute Gasteiger partial charge is 0.332 e. The Bertz CT molecular complexity index is 1150. The van der Waals surface area contributed by atoms with Gasteiger partial charge in [0.1, 0.15) is 11.9 Å². The number of aliphatic hydroxyl groups is 1. The molecule has 3 N–H and O–H groups in total. The van der Waals surface area contributed by atoms with E-state index in [9.17, 15) is 4.79 Å². The lowest BCUT2D eigenvalue weighted by Gasteiger charge is -2.08. The molecule has 0 spiro atoms. The number of carbonyl (C=O) groups is 1. The van der Waals surface area contributed by atoms with Gasteiger partial charge < -0.3 is 19.9 Å². The van der Waals surface area contributed by atoms with Gasteiger partial charge in [-0.25, -0.2) is 4.79 Å². The van der Waals surface area contributed by atoms with Crippen LogP contribution in [0.1, 0.15) is 18.1 Å². The number of nitrogens with zero attached hydrogens (tertiary/aromatic N) is 1. The minimum absolute atomic E-state index is 0.881. The molecule has 0 aliphatic heterocycles. The zero-order chi connectivity index (χ0) is 19.7. The van der Waals surface area contributed by atoms with Gasteiger partial charge in [0.25, 0.3) is 0 Å². The number of H-pyrrole nitrogens is 1. The lowest BCUT2D eigenvalue weighted by atomic mass is 9.97. The summed E-state index contributed by atoms with van der Waals surface area (Å²) < 4.78 is 5.37. The van der Waals surface area contributed by atoms with Gasteiger partial charge in [-0.15, -0.1) is 0 Å². The normalized spacial score (nSPS) is 12.0. The number of benzene rings is 2. The van der Waals surface area contributed by atoms with Crippen molar-refractivity contribution in [3.63, 3.8) is 0 Å². The first-order chi connectivity index (χ1) is 12.8. The van der Waals surface area contributed by atoms with Crippen LogP contribution in [0.4, 0.5) is 0 Å². The second kappa shape index (κ2) is 7.25. The molecule has 4 aromatic rings. The number of aromatic nitrogens is 2. The number of aromatic amines is 1. The van der Waals surface area contributed by atoms with Gasteiger partial charge >= 0.3 is 5.97 Å². The Morgan fingerprint density at radius 1 is 1.15 bits per heavy atom. The predicted octanol–water partition coefficient (Wildman–Crippen LogP) is 3.95. The first-order valence-corrected chi connectivity index (χ1v) is 8.58. The highest BCUT2D eigenvalue weighted by molar-refractivity contribution is 6.16. The van der Waals surface area contributed by atoms with Crippen LogP contribution in [0.25, 0.3) is 32.6 Å². The van der Waals surface area contributed by atoms with E-state index in [2.05, 4.69) is 42.0 Å². The predicted molar refractivity (Wildman–Crippen MR) is 106 cm³/mol. The average molecular weight is 366 g/mol. The van der Waals surface area contributed by atoms with Crippen molar-refractivity contribution in [1.82, 2.24) is 9.97 Å². The summed E-state index contributed by atoms with van der Waals surface area (Å²) in [5.41, 5.74) is 4.87. The Labute approximate surface area is 156 Å². The van der Waals surface area contributed by atoms with E-state index in [4.69, 9.17) is 14.9 Å². The summed E-state index contributed by atoms with van der Waals surface area (Å²) in [6, 6.07) is 8.26. The van der Waals surface area contributed by atoms with Crippen LogP contribution in [-0.4, -0.2) is 39.4 Å². The largest absolute Gasteiger partial charge is 0.497 e. The molecule has 1 atom stereocenters. The molecule has 6 nitrogen and oxygen atoms in total. The summed E-state index contributed by atoms with van der Waals surface area (Å²) in [6.07, 6.45) is 2.58. The van der Waals surface area contributed by atoms with Crippen LogP contribution in [0.5, 0.6) is 5.75 Å². The molecule has 140 valence electrons. The summed E-state index contributed by atoms with van der Waals surface area (Å²) in [7, 11) is 1.70. The molecule has 0 saturated carbocycles. The standard InChI is InChI=1S/C18H16N2O.C3H6O3/c1-10-15-9-19-7-6-13(15)11(2)18-17(10)14-8-12(21-3)4-5-16(14)20-18;1-2(4)3(5)6/h4-9,20H,1-3H3;2,4H,1H3,(H,5,6). The third-order valence-corrected chi connectivity index (χ3v) is 4.74. The summed E-state index contributed by atoms with van der Waals surface area (Å²) in [4.78, 5) is 17.3. The molecule has 27 heavy (non-hydrogen) atoms. The molecule has 0 fully saturated rings. The quantitative estimate of drug-likeness (QED) is 0.499. The van der Waals surface area contributed by atoms with Gasteiger partial charge in [-0.05, 0) is 61.5 Å². The van der Waals surface area contributed by atoms with Crippen LogP contribution < -0.4 is 4.74 Å². The van der Waals surface area contributed by atoms with E-state index < -0.39 is 12.1 Å². The number of carboxylic acids is 1. The van der Waals surface area contributed by atoms with Gasteiger partial charge in [0.2, 0.25) is 0 Å². The number of rotatable bonds is 2. The van der Waals surface area contributed by atoms with Gasteiger partial charge in [0, 0.05) is 34.1 Å². The highest BCUT2D eigenvalue weighted by Gasteiger charge is 2.14. The SMILES string of the molecule is CC(O)C(=O)O.COc1ccc2[nH]c3c(C)c4ccncc4c(C)c3c2c1. The van der Waals surface area contributed by atoms with E-state index in [1.165, 1.54) is 45.1 Å². The maximum Gasteiger partial charge on any atom is 0.332 e. The van der Waals surface area contributed by atoms with Crippen molar-refractivity contribution in [2.75, 3.05) is 7.11 Å². The molecule has 0 radical (unpaired) electrons. The van der Waals surface area contributed by atoms with Crippen molar-refractivity contribution in [3.05, 3.63) is 47.8 Å². The van der Waals surface area contributed by atoms with Crippen LogP contribution in [-0.2, 0) is 4.79 Å². The molecule has 6 heteroatoms. The lowest BCUT2D eigenvalue weighted by molar-refractivity contribution is -0.145. The van der Waals surface area contributed by atoms with E-state index >= 15 is 0 Å². The van der Waals surface area contributed by atoms with Crippen LogP contribution in [0.15, 0.2) is 36.7 Å². The van der Waals surface area contributed by atoms with Crippen LogP contribution in [0, 0.1) is 13.8 Å². The highest BCUT2D eigenvalue weighted by atomic mass is 16.5. The number of aliphatic carboxylic acids is 1. The second-order valence-corrected chi connectivity index (χ2v) is 6.47. The van der Waals surface area contributed by atoms with Gasteiger partial charge in [-0.1, -0.05) is 0 Å². The molecule has 2 aromatic carbocycles. The van der Waals surface area contributed by atoms with E-state index in [1.807, 2.05) is 18.5 Å². The van der Waals surface area contributed by atoms with Gasteiger partial charge in [-0.3, -0.25) is 4.98 Å². The van der Waals surface area contributed by atoms with Crippen molar-refractivity contribution in [1.29, 1.82) is 0 Å². The Balaban J connectivity index is 0.000000307. The molecule has 0 amide bonds. The molecule has 0 aliphatic rings. The van der Waals surface area contributed by atoms with Crippen molar-refractivity contribution < 1.29 is 19.7 Å². The molecule has 2 aromatic heterocycles. The number of hydrogen-bond acceptors (Lipinski definition) is 4. The first-order valence-electron chi connectivity index (χ1n) is 8.58. The number of hydrogen-bond donors (Lipinski definition) is 3. The first kappa shape index (κ1) is 18.7. The zero-order valence-electron chi connectivity index (χ0n) is 15.7. The molecule has 0 bridgehead atoms. The molecular weight excluding hydrogens is 344 g/mol. The minimum Gasteiger partial charge on any atom is -0.497 e. The third-order valence-electron chi connectivity index (χ3n) is 4.74. The number of aliphatic hydroxyl groups excluding tert-OH is 1. The number of ether oxygens (including phenoxy) is 1. The van der Waals surface area contributed by atoms with Gasteiger partial charge in [-0.2, -0.15) is 0 Å². The molecule has 4 rings (SSSR count). The van der Waals surface area contributed by atoms with Crippen molar-refractivity contribution in [2.45, 2.75) is 26.9 Å². The van der Waals surface area contributed by atoms with E-state index in [0.717, 1.165) is 11.3 Å². The Morgan fingerprint density at radius 3 is 2.48 bits per heavy atom. The molecule has 1 unspecified atom stereocenters. The van der Waals surface area contributed by atoms with Crippen molar-refractivity contribution in [3.8, 4) is 5.75 Å². The molecule has 0 saturated heterocycles. The lowest BCUT2D eigenvalue weighted by Crippen LogP contribution is -2.13. The molecule has 2 heterocycles. The van der Waals surface area contributed by atoms with Crippen LogP contribution >= 0.6 is 0 Å². The fourth-order valence-corrected chi connectivity index (χ4v) is 3.26. The topological polar surface area (TPSA) is 95.4 Å². The second-order valence-electron chi connectivity index (χ2n) is 6.47. The monoisotopic (exact) mass is 366 g/mol. The fraction of sp³-hybridized carbons (Fsp3) is 0.238. The summed E-state index contributed by atoms with van der Waals surface area (Å²) >= 11 is 0. The van der Waals surface area contributed by atoms with E-state index in [-0.39, 0.29) is 0 Å². The third kappa shape index (κ3) is 3.31. The molecule has 0 aliphatic carbocycles. The maximum atomic E-state index is 9.45. The van der Waals surface area contributed by atoms with Gasteiger partial charge in [0.15, 0.2) is 0 Å². The van der Waals surface area contributed by atoms with Crippen LogP contribution in [0.2, 0.25) is 0 Å². The summed E-state index contributed by atoms with van der Waals surface area (Å²) in [5.74, 6) is -0.304. The number of aryl methyl sites for hydroxylation is 2. The number of methoxy groups -OCH3 is 1. The number of pyridine rings is 1. The van der Waals surface area contributed by atoms with E-state index in [1.54, 1.807) is 7.11 Å². The van der Waals surface area contributed by atoms with Crippen molar-refractivity contribution in [2.24, 2.45) is 0 Å². The summed E-state index contributed by atoms with van der Waals surface area (Å²) in [6.45, 7) is 5.53.